The van der Waals surface area contributed by atoms with Gasteiger partial charge in [0.1, 0.15) is 18.4 Å². The van der Waals surface area contributed by atoms with E-state index in [1.165, 1.54) is 0 Å². The van der Waals surface area contributed by atoms with Crippen molar-refractivity contribution in [1.29, 1.82) is 0 Å². The monoisotopic (exact) mass is 582 g/mol. The maximum Gasteiger partial charge on any atom is 0.174 e. The summed E-state index contributed by atoms with van der Waals surface area (Å²) < 4.78 is 14.0. The van der Waals surface area contributed by atoms with Crippen LogP contribution in [0.5, 0.6) is 5.75 Å². The van der Waals surface area contributed by atoms with Gasteiger partial charge in [-0.3, -0.25) is 4.98 Å². The van der Waals surface area contributed by atoms with E-state index in [1.54, 1.807) is 13.3 Å². The summed E-state index contributed by atoms with van der Waals surface area (Å²) in [4.78, 5) is 6.75. The second kappa shape index (κ2) is 11.0. The van der Waals surface area contributed by atoms with Gasteiger partial charge in [0.2, 0.25) is 0 Å². The highest BCUT2D eigenvalue weighted by Crippen LogP contribution is 2.43. The highest BCUT2D eigenvalue weighted by Gasteiger charge is 2.42. The fourth-order valence-corrected chi connectivity index (χ4v) is 5.24. The van der Waals surface area contributed by atoms with E-state index in [0.717, 1.165) is 27.2 Å². The van der Waals surface area contributed by atoms with Crippen molar-refractivity contribution in [3.8, 4) is 11.4 Å². The Morgan fingerprint density at radius 2 is 1.83 bits per heavy atom. The molecule has 1 fully saturated rings. The average molecular weight is 584 g/mol. The Hall–Kier alpha value is -2.91. The third-order valence-corrected chi connectivity index (χ3v) is 7.16. The Morgan fingerprint density at radius 3 is 2.56 bits per heavy atom. The zero-order chi connectivity index (χ0) is 25.1. The Kier molecular flexibility index (Phi) is 7.57. The van der Waals surface area contributed by atoms with Crippen LogP contribution in [0.15, 0.2) is 89.7 Å². The van der Waals surface area contributed by atoms with Crippen LogP contribution in [-0.2, 0) is 4.74 Å². The van der Waals surface area contributed by atoms with Crippen LogP contribution in [0.3, 0.4) is 0 Å². The van der Waals surface area contributed by atoms with Gasteiger partial charge in [0, 0.05) is 41.0 Å². The average Bonchev–Trinajstić information content (AvgIpc) is 3.50. The molecule has 0 bridgehead atoms. The van der Waals surface area contributed by atoms with E-state index < -0.39 is 0 Å². The van der Waals surface area contributed by atoms with E-state index >= 15 is 0 Å². The summed E-state index contributed by atoms with van der Waals surface area (Å²) in [6.07, 6.45) is 3.86. The molecule has 1 aliphatic heterocycles. The number of halogens is 2. The van der Waals surface area contributed by atoms with Crippen molar-refractivity contribution in [3.63, 3.8) is 0 Å². The van der Waals surface area contributed by atoms with Crippen LogP contribution in [0.1, 0.15) is 23.5 Å². The summed E-state index contributed by atoms with van der Waals surface area (Å²) >= 11 is 16.0. The van der Waals surface area contributed by atoms with Crippen LogP contribution in [0, 0.1) is 0 Å². The van der Waals surface area contributed by atoms with Crippen molar-refractivity contribution < 1.29 is 9.47 Å². The lowest BCUT2D eigenvalue weighted by molar-refractivity contribution is 0.146. The number of nitrogens with one attached hydrogen (secondary N) is 1. The van der Waals surface area contributed by atoms with Crippen LogP contribution in [-0.4, -0.2) is 35.0 Å². The summed E-state index contributed by atoms with van der Waals surface area (Å²) in [6.45, 7) is 0.906. The predicted octanol–water partition coefficient (Wildman–Crippen LogP) is 6.49. The van der Waals surface area contributed by atoms with Crippen LogP contribution >= 0.6 is 39.7 Å². The van der Waals surface area contributed by atoms with Crippen LogP contribution in [0.25, 0.3) is 5.69 Å². The lowest BCUT2D eigenvalue weighted by Gasteiger charge is -2.29. The van der Waals surface area contributed by atoms with Crippen molar-refractivity contribution >= 4 is 50.5 Å². The number of ether oxygens (including phenoxy) is 2. The van der Waals surface area contributed by atoms with Crippen molar-refractivity contribution in [3.05, 3.63) is 106 Å². The van der Waals surface area contributed by atoms with Gasteiger partial charge in [-0.15, -0.1) is 0 Å². The molecule has 0 radical (unpaired) electrons. The summed E-state index contributed by atoms with van der Waals surface area (Å²) in [7, 11) is 1.64. The van der Waals surface area contributed by atoms with Gasteiger partial charge in [-0.2, -0.15) is 0 Å². The van der Waals surface area contributed by atoms with Crippen LogP contribution in [0.4, 0.5) is 5.69 Å². The Morgan fingerprint density at radius 1 is 1.03 bits per heavy atom. The fraction of sp³-hybridized carbons (Fsp3) is 0.185. The largest absolute Gasteiger partial charge is 0.490 e. The minimum atomic E-state index is -0.178. The third kappa shape index (κ3) is 4.99. The number of nitrogens with zero attached hydrogens (tertiary/aromatic N) is 3. The highest BCUT2D eigenvalue weighted by atomic mass is 79.9. The maximum atomic E-state index is 6.62. The van der Waals surface area contributed by atoms with Gasteiger partial charge in [-0.25, -0.2) is 0 Å². The minimum Gasteiger partial charge on any atom is -0.490 e. The van der Waals surface area contributed by atoms with Gasteiger partial charge >= 0.3 is 0 Å². The predicted molar refractivity (Wildman–Crippen MR) is 150 cm³/mol. The molecule has 0 amide bonds. The number of hydrogen-bond donors (Lipinski definition) is 1. The normalized spacial score (nSPS) is 17.3. The Bertz CT molecular complexity index is 1350. The van der Waals surface area contributed by atoms with Crippen molar-refractivity contribution in [2.45, 2.75) is 12.1 Å². The lowest BCUT2D eigenvalue weighted by atomic mass is 10.0. The van der Waals surface area contributed by atoms with E-state index in [0.29, 0.717) is 29.1 Å². The number of pyridine rings is 1. The number of benzene rings is 2. The first kappa shape index (κ1) is 24.8. The van der Waals surface area contributed by atoms with Crippen molar-refractivity contribution in [2.75, 3.05) is 25.2 Å². The highest BCUT2D eigenvalue weighted by molar-refractivity contribution is 9.10. The second-order valence-corrected chi connectivity index (χ2v) is 9.94. The molecule has 6 nitrogen and oxygen atoms in total. The summed E-state index contributed by atoms with van der Waals surface area (Å²) in [5.41, 5.74) is 3.89. The number of thiocarbonyl (C=S) groups is 1. The second-order valence-electron chi connectivity index (χ2n) is 8.23. The van der Waals surface area contributed by atoms with E-state index in [9.17, 15) is 0 Å². The van der Waals surface area contributed by atoms with E-state index in [-0.39, 0.29) is 12.1 Å². The molecular weight excluding hydrogens is 560 g/mol. The van der Waals surface area contributed by atoms with Gasteiger partial charge in [-0.1, -0.05) is 33.6 Å². The van der Waals surface area contributed by atoms with Crippen molar-refractivity contribution in [1.82, 2.24) is 14.9 Å². The molecule has 0 unspecified atom stereocenters. The maximum absolute atomic E-state index is 6.62. The fourth-order valence-electron chi connectivity index (χ4n) is 4.40. The lowest BCUT2D eigenvalue weighted by Crippen LogP contribution is -2.30. The number of aromatic nitrogens is 2. The standard InChI is InChI=1S/C27H24BrClN4O2S/c1-34-15-16-35-24-12-11-20(17-21(24)29)33-26(25(31-27(33)36)22-5-2-3-13-30-22)23-6-4-14-32(23)19-9-7-18(28)8-10-19/h2-14,17,25-26H,15-16H2,1H3,(H,31,36)/t25-,26-/m1/s1. The Labute approximate surface area is 228 Å². The molecule has 4 aromatic rings. The molecule has 3 heterocycles. The SMILES string of the molecule is COCCOc1ccc(N2C(=S)N[C@H](c3ccccn3)[C@H]2c2cccn2-c2ccc(Br)cc2)cc1Cl. The molecule has 2 aromatic heterocycles. The van der Waals surface area contributed by atoms with Gasteiger partial charge in [-0.05, 0) is 78.9 Å². The number of hydrogen-bond acceptors (Lipinski definition) is 4. The third-order valence-electron chi connectivity index (χ3n) is 6.02. The molecule has 0 aliphatic carbocycles. The molecule has 36 heavy (non-hydrogen) atoms. The molecule has 5 rings (SSSR count). The van der Waals surface area contributed by atoms with E-state index in [2.05, 4.69) is 60.1 Å². The topological polar surface area (TPSA) is 51.6 Å². The zero-order valence-electron chi connectivity index (χ0n) is 19.5. The van der Waals surface area contributed by atoms with Gasteiger partial charge in [0.05, 0.1) is 23.4 Å². The molecule has 9 heteroatoms. The molecule has 1 saturated heterocycles. The molecular formula is C27H24BrClN4O2S. The quantitative estimate of drug-likeness (QED) is 0.189. The zero-order valence-corrected chi connectivity index (χ0v) is 22.6. The van der Waals surface area contributed by atoms with Gasteiger partial charge in [0.15, 0.2) is 5.11 Å². The number of anilines is 1. The van der Waals surface area contributed by atoms with Gasteiger partial charge < -0.3 is 24.3 Å². The number of methoxy groups -OCH3 is 1. The molecule has 184 valence electrons. The molecule has 1 aliphatic rings. The van der Waals surface area contributed by atoms with Crippen LogP contribution < -0.4 is 15.0 Å². The van der Waals surface area contributed by atoms with Crippen molar-refractivity contribution in [2.24, 2.45) is 0 Å². The van der Waals surface area contributed by atoms with E-state index in [4.69, 9.17) is 33.3 Å². The van der Waals surface area contributed by atoms with E-state index in [1.807, 2.05) is 54.6 Å². The Balaban J connectivity index is 1.58. The molecule has 2 aromatic carbocycles. The first-order valence-corrected chi connectivity index (χ1v) is 13.0. The molecule has 0 saturated carbocycles. The molecule has 1 N–H and O–H groups in total. The number of rotatable bonds is 8. The smallest absolute Gasteiger partial charge is 0.174 e. The summed E-state index contributed by atoms with van der Waals surface area (Å²) in [6, 6.07) is 23.7. The summed E-state index contributed by atoms with van der Waals surface area (Å²) in [5, 5.41) is 4.61. The molecule has 2 atom stereocenters. The van der Waals surface area contributed by atoms with Crippen LogP contribution in [0.2, 0.25) is 5.02 Å². The summed E-state index contributed by atoms with van der Waals surface area (Å²) in [5.74, 6) is 0.603. The first-order chi connectivity index (χ1) is 17.6. The first-order valence-electron chi connectivity index (χ1n) is 11.4. The minimum absolute atomic E-state index is 0.167. The van der Waals surface area contributed by atoms with Gasteiger partial charge in [0.25, 0.3) is 0 Å². The molecule has 0 spiro atoms.